The molecule has 2 aromatic carbocycles. The van der Waals surface area contributed by atoms with Crippen molar-refractivity contribution < 1.29 is 39.5 Å². The van der Waals surface area contributed by atoms with Crippen molar-refractivity contribution in [1.29, 1.82) is 0 Å². The number of fused-ring (bicyclic) bond motifs is 3. The molecule has 0 aromatic heterocycles. The van der Waals surface area contributed by atoms with Gasteiger partial charge >= 0.3 is 0 Å². The quantitative estimate of drug-likeness (QED) is 0.376. The second kappa shape index (κ2) is 8.71. The molecule has 0 saturated heterocycles. The molecule has 198 valence electrons. The maximum Gasteiger partial charge on any atom is 0.255 e. The van der Waals surface area contributed by atoms with Crippen molar-refractivity contribution in [3.63, 3.8) is 0 Å². The molecular weight excluding hydrogens is 492 g/mol. The minimum absolute atomic E-state index is 0.0206. The molecule has 3 aliphatic rings. The van der Waals surface area contributed by atoms with Gasteiger partial charge in [-0.1, -0.05) is 24.3 Å². The second-order valence-electron chi connectivity index (χ2n) is 10.1. The molecule has 5 rings (SSSR count). The lowest BCUT2D eigenvalue weighted by atomic mass is 9.57. The molecule has 2 aromatic rings. The molecule has 38 heavy (non-hydrogen) atoms. The van der Waals surface area contributed by atoms with Crippen LogP contribution >= 0.6 is 0 Å². The Morgan fingerprint density at radius 2 is 1.76 bits per heavy atom. The number of rotatable bonds is 4. The number of primary amides is 1. The predicted octanol–water partition coefficient (Wildman–Crippen LogP) is 1.64. The number of ketones is 2. The van der Waals surface area contributed by atoms with Gasteiger partial charge in [-0.05, 0) is 56.1 Å². The molecular formula is C28H28N2O8. The zero-order valence-corrected chi connectivity index (χ0v) is 21.1. The first kappa shape index (κ1) is 25.5. The second-order valence-corrected chi connectivity index (χ2v) is 10.1. The molecule has 1 unspecified atom stereocenters. The number of nitrogens with two attached hydrogens (primary N) is 1. The molecule has 0 radical (unpaired) electrons. The van der Waals surface area contributed by atoms with Gasteiger partial charge in [0.1, 0.15) is 28.6 Å². The molecule has 4 atom stereocenters. The normalized spacial score (nSPS) is 26.7. The fourth-order valence-corrected chi connectivity index (χ4v) is 6.36. The largest absolute Gasteiger partial charge is 0.508 e. The van der Waals surface area contributed by atoms with Gasteiger partial charge in [0.2, 0.25) is 5.78 Å². The highest BCUT2D eigenvalue weighted by molar-refractivity contribution is 6.24. The zero-order chi connectivity index (χ0) is 27.7. The van der Waals surface area contributed by atoms with Gasteiger partial charge in [0.25, 0.3) is 5.91 Å². The summed E-state index contributed by atoms with van der Waals surface area (Å²) in [7, 11) is 4.65. The number of para-hydroxylation sites is 1. The number of benzene rings is 2. The number of amides is 1. The van der Waals surface area contributed by atoms with Gasteiger partial charge in [0.15, 0.2) is 11.4 Å². The first-order valence-electron chi connectivity index (χ1n) is 12.1. The van der Waals surface area contributed by atoms with Crippen molar-refractivity contribution in [2.24, 2.45) is 17.6 Å². The Hall–Kier alpha value is -4.15. The first-order chi connectivity index (χ1) is 17.9. The van der Waals surface area contributed by atoms with Crippen LogP contribution in [0.4, 0.5) is 0 Å². The third-order valence-electron chi connectivity index (χ3n) is 8.00. The Balaban J connectivity index is 1.75. The van der Waals surface area contributed by atoms with Crippen molar-refractivity contribution >= 4 is 23.2 Å². The Kier molecular flexibility index (Phi) is 5.85. The molecule has 3 aliphatic carbocycles. The van der Waals surface area contributed by atoms with E-state index in [2.05, 4.69) is 0 Å². The first-order valence-corrected chi connectivity index (χ1v) is 12.1. The molecule has 10 nitrogen and oxygen atoms in total. The number of likely N-dealkylation sites (N-methyl/N-ethyl adjacent to an activating group) is 1. The summed E-state index contributed by atoms with van der Waals surface area (Å²) in [4.78, 5) is 40.7. The van der Waals surface area contributed by atoms with E-state index < -0.39 is 58.0 Å². The van der Waals surface area contributed by atoms with Gasteiger partial charge in [0.05, 0.1) is 18.7 Å². The fraction of sp³-hybridized carbons (Fsp3) is 0.321. The maximum atomic E-state index is 13.9. The smallest absolute Gasteiger partial charge is 0.255 e. The zero-order valence-electron chi connectivity index (χ0n) is 21.1. The number of carbonyl (C=O) groups is 3. The third kappa shape index (κ3) is 3.30. The highest BCUT2D eigenvalue weighted by Crippen LogP contribution is 2.54. The SMILES string of the molecule is COc1ccccc1-c1ccc(O)c2c1C[C@H]1C[C@H]3C(N(C)C)C(=O)C(C(N)=O)=C(O)[C@@]3(O)C(=O)C1=C2O. The van der Waals surface area contributed by atoms with Crippen LogP contribution in [0.25, 0.3) is 16.9 Å². The summed E-state index contributed by atoms with van der Waals surface area (Å²) in [5, 5.41) is 44.7. The Bertz CT molecular complexity index is 1470. The summed E-state index contributed by atoms with van der Waals surface area (Å²) in [6.45, 7) is 0. The van der Waals surface area contributed by atoms with E-state index >= 15 is 0 Å². The molecule has 1 amide bonds. The van der Waals surface area contributed by atoms with E-state index in [1.807, 2.05) is 18.2 Å². The van der Waals surface area contributed by atoms with Gasteiger partial charge in [-0.25, -0.2) is 0 Å². The number of carbonyl (C=O) groups excluding carboxylic acids is 3. The van der Waals surface area contributed by atoms with Crippen LogP contribution in [0.2, 0.25) is 0 Å². The van der Waals surface area contributed by atoms with Crippen LogP contribution in [-0.4, -0.2) is 75.6 Å². The molecule has 0 aliphatic heterocycles. The number of ether oxygens (including phenoxy) is 1. The minimum atomic E-state index is -2.67. The molecule has 0 heterocycles. The van der Waals surface area contributed by atoms with Gasteiger partial charge in [-0.3, -0.25) is 19.3 Å². The summed E-state index contributed by atoms with van der Waals surface area (Å²) >= 11 is 0. The molecule has 1 saturated carbocycles. The lowest BCUT2D eigenvalue weighted by molar-refractivity contribution is -0.153. The van der Waals surface area contributed by atoms with Crippen molar-refractivity contribution in [2.75, 3.05) is 21.2 Å². The molecule has 10 heteroatoms. The number of nitrogens with zero attached hydrogens (tertiary/aromatic N) is 1. The van der Waals surface area contributed by atoms with Crippen LogP contribution in [0.5, 0.6) is 11.5 Å². The van der Waals surface area contributed by atoms with Crippen LogP contribution < -0.4 is 10.5 Å². The summed E-state index contributed by atoms with van der Waals surface area (Å²) in [5.74, 6) is -6.23. The molecule has 1 fully saturated rings. The van der Waals surface area contributed by atoms with E-state index in [4.69, 9.17) is 10.5 Å². The average Bonchev–Trinajstić information content (AvgIpc) is 2.86. The van der Waals surface area contributed by atoms with E-state index in [0.717, 1.165) is 0 Å². The number of hydrogen-bond acceptors (Lipinski definition) is 9. The summed E-state index contributed by atoms with van der Waals surface area (Å²) in [6.07, 6.45) is 0.211. The van der Waals surface area contributed by atoms with E-state index in [9.17, 15) is 34.8 Å². The number of aromatic hydroxyl groups is 1. The topological polar surface area (TPSA) is 171 Å². The lowest BCUT2D eigenvalue weighted by Gasteiger charge is -2.50. The number of methoxy groups -OCH3 is 1. The van der Waals surface area contributed by atoms with Gasteiger partial charge in [-0.15, -0.1) is 0 Å². The maximum absolute atomic E-state index is 13.9. The van der Waals surface area contributed by atoms with E-state index in [-0.39, 0.29) is 29.7 Å². The standard InChI is InChI=1S/C28H28N2O8/c1-30(2)22-16-11-12-10-15-13(14-6-4-5-7-18(14)38-3)8-9-17(31)20(15)23(32)19(12)25(34)28(16,37)26(35)21(24(22)33)27(29)36/h4-9,12,16,22,31-32,35,37H,10-11H2,1-3H3,(H2,29,36)/t12-,16-,22?,28-/m0/s1. The van der Waals surface area contributed by atoms with Crippen LogP contribution in [0.1, 0.15) is 17.5 Å². The monoisotopic (exact) mass is 520 g/mol. The van der Waals surface area contributed by atoms with Gasteiger partial charge < -0.3 is 30.9 Å². The molecule has 0 bridgehead atoms. The van der Waals surface area contributed by atoms with Crippen molar-refractivity contribution in [1.82, 2.24) is 4.90 Å². The summed E-state index contributed by atoms with van der Waals surface area (Å²) in [5.41, 5.74) is 3.65. The van der Waals surface area contributed by atoms with Crippen molar-refractivity contribution in [3.05, 3.63) is 64.4 Å². The third-order valence-corrected chi connectivity index (χ3v) is 8.00. The number of phenolic OH excluding ortho intramolecular Hbond substituents is 1. The Labute approximate surface area is 218 Å². The number of phenols is 1. The van der Waals surface area contributed by atoms with E-state index in [0.29, 0.717) is 22.4 Å². The highest BCUT2D eigenvalue weighted by Gasteiger charge is 2.64. The lowest BCUT2D eigenvalue weighted by Crippen LogP contribution is -2.65. The summed E-state index contributed by atoms with van der Waals surface area (Å²) < 4.78 is 5.51. The Morgan fingerprint density at radius 3 is 2.39 bits per heavy atom. The van der Waals surface area contributed by atoms with Crippen LogP contribution in [0, 0.1) is 11.8 Å². The minimum Gasteiger partial charge on any atom is -0.508 e. The van der Waals surface area contributed by atoms with Crippen molar-refractivity contribution in [3.8, 4) is 22.6 Å². The molecule has 0 spiro atoms. The Morgan fingerprint density at radius 1 is 1.08 bits per heavy atom. The fourth-order valence-electron chi connectivity index (χ4n) is 6.36. The van der Waals surface area contributed by atoms with Crippen LogP contribution in [0.3, 0.4) is 0 Å². The summed E-state index contributed by atoms with van der Waals surface area (Å²) in [6, 6.07) is 9.22. The van der Waals surface area contributed by atoms with Crippen molar-refractivity contribution in [2.45, 2.75) is 24.5 Å². The molecule has 6 N–H and O–H groups in total. The average molecular weight is 521 g/mol. The predicted molar refractivity (Wildman–Crippen MR) is 136 cm³/mol. The van der Waals surface area contributed by atoms with Crippen LogP contribution in [0.15, 0.2) is 53.3 Å². The van der Waals surface area contributed by atoms with E-state index in [1.54, 1.807) is 26.2 Å². The van der Waals surface area contributed by atoms with E-state index in [1.165, 1.54) is 18.1 Å². The number of hydrogen-bond donors (Lipinski definition) is 5. The number of aliphatic hydroxyl groups is 3. The highest BCUT2D eigenvalue weighted by atomic mass is 16.5. The number of aliphatic hydroxyl groups excluding tert-OH is 2. The number of Topliss-reactive ketones (excluding diaryl/α,β-unsaturated/α-hetero) is 2. The van der Waals surface area contributed by atoms with Gasteiger partial charge in [0, 0.05) is 17.1 Å². The van der Waals surface area contributed by atoms with Gasteiger partial charge in [-0.2, -0.15) is 0 Å². The van der Waals surface area contributed by atoms with Crippen LogP contribution in [-0.2, 0) is 20.8 Å².